The third-order valence-corrected chi connectivity index (χ3v) is 2.12. The van der Waals surface area contributed by atoms with Gasteiger partial charge >= 0.3 is 0 Å². The normalized spacial score (nSPS) is 10.1. The summed E-state index contributed by atoms with van der Waals surface area (Å²) in [6, 6.07) is 9.78. The maximum Gasteiger partial charge on any atom is 0.233 e. The average Bonchev–Trinajstić information content (AvgIpc) is 2.35. The summed E-state index contributed by atoms with van der Waals surface area (Å²) in [4.78, 5) is 16.0. The van der Waals surface area contributed by atoms with Crippen LogP contribution in [0.15, 0.2) is 30.3 Å². The molecule has 0 unspecified atom stereocenters. The smallest absolute Gasteiger partial charge is 0.233 e. The van der Waals surface area contributed by atoms with Gasteiger partial charge in [0.25, 0.3) is 0 Å². The lowest BCUT2D eigenvalue weighted by Gasteiger charge is -2.16. The van der Waals surface area contributed by atoms with Crippen molar-refractivity contribution in [3.63, 3.8) is 0 Å². The average molecular weight is 222 g/mol. The Morgan fingerprint density at radius 2 is 2.12 bits per heavy atom. The fourth-order valence-corrected chi connectivity index (χ4v) is 1.25. The predicted octanol–water partition coefficient (Wildman–Crippen LogP) is 1.19. The number of rotatable bonds is 8. The molecule has 1 rings (SSSR count). The maximum atomic E-state index is 10.7. The monoisotopic (exact) mass is 222 g/mol. The lowest BCUT2D eigenvalue weighted by molar-refractivity contribution is -0.176. The highest BCUT2D eigenvalue weighted by Crippen LogP contribution is 2.01. The van der Waals surface area contributed by atoms with E-state index in [-0.39, 0.29) is 0 Å². The molecule has 0 aliphatic heterocycles. The summed E-state index contributed by atoms with van der Waals surface area (Å²) in [5.74, 6) is 0. The van der Waals surface area contributed by atoms with Crippen molar-refractivity contribution in [3.8, 4) is 0 Å². The van der Waals surface area contributed by atoms with Crippen molar-refractivity contribution in [3.05, 3.63) is 35.9 Å². The number of amides is 1. The Morgan fingerprint density at radius 3 is 2.75 bits per heavy atom. The van der Waals surface area contributed by atoms with E-state index in [4.69, 9.17) is 4.84 Å². The predicted molar refractivity (Wildman–Crippen MR) is 62.5 cm³/mol. The van der Waals surface area contributed by atoms with Crippen LogP contribution in [-0.4, -0.2) is 31.1 Å². The first-order valence-corrected chi connectivity index (χ1v) is 5.46. The van der Waals surface area contributed by atoms with Crippen molar-refractivity contribution < 1.29 is 9.63 Å². The highest BCUT2D eigenvalue weighted by molar-refractivity contribution is 5.44. The molecular formula is C12H18N2O2. The van der Waals surface area contributed by atoms with Crippen LogP contribution in [0.2, 0.25) is 0 Å². The summed E-state index contributed by atoms with van der Waals surface area (Å²) < 4.78 is 0. The molecule has 0 saturated carbocycles. The van der Waals surface area contributed by atoms with Gasteiger partial charge in [0.05, 0.1) is 6.54 Å². The molecule has 0 aliphatic carbocycles. The third-order valence-electron chi connectivity index (χ3n) is 2.12. The van der Waals surface area contributed by atoms with Gasteiger partial charge in [0.2, 0.25) is 6.41 Å². The van der Waals surface area contributed by atoms with Gasteiger partial charge in [0, 0.05) is 6.54 Å². The number of likely N-dealkylation sites (N-methyl/N-ethyl adjacent to an activating group) is 1. The Labute approximate surface area is 96.2 Å². The standard InChI is InChI=1S/C12H18N2O2/c1-2-13-8-9-14(11-15)16-10-12-6-4-3-5-7-12/h3-7,11,13H,2,8-10H2,1H3. The van der Waals surface area contributed by atoms with Crippen molar-refractivity contribution in [1.29, 1.82) is 0 Å². The summed E-state index contributed by atoms with van der Waals surface area (Å²) in [5.41, 5.74) is 1.05. The minimum Gasteiger partial charge on any atom is -0.315 e. The number of carbonyl (C=O) groups excluding carboxylic acids is 1. The summed E-state index contributed by atoms with van der Waals surface area (Å²) in [7, 11) is 0. The first-order valence-electron chi connectivity index (χ1n) is 5.46. The zero-order valence-corrected chi connectivity index (χ0v) is 9.56. The molecule has 0 fully saturated rings. The summed E-state index contributed by atoms with van der Waals surface area (Å²) in [6.45, 7) is 4.64. The van der Waals surface area contributed by atoms with E-state index in [9.17, 15) is 4.79 Å². The molecular weight excluding hydrogens is 204 g/mol. The van der Waals surface area contributed by atoms with Crippen molar-refractivity contribution in [2.24, 2.45) is 0 Å². The first-order chi connectivity index (χ1) is 7.86. The van der Waals surface area contributed by atoms with Crippen molar-refractivity contribution in [2.75, 3.05) is 19.6 Å². The van der Waals surface area contributed by atoms with Gasteiger partial charge in [-0.25, -0.2) is 5.06 Å². The number of nitrogens with one attached hydrogen (secondary N) is 1. The molecule has 1 amide bonds. The summed E-state index contributed by atoms with van der Waals surface area (Å²) in [5, 5.41) is 4.45. The number of carbonyl (C=O) groups is 1. The molecule has 1 aromatic carbocycles. The second-order valence-corrected chi connectivity index (χ2v) is 3.36. The van der Waals surface area contributed by atoms with E-state index < -0.39 is 0 Å². The van der Waals surface area contributed by atoms with Crippen LogP contribution in [-0.2, 0) is 16.2 Å². The molecule has 1 N–H and O–H groups in total. The number of benzene rings is 1. The number of hydrogen-bond donors (Lipinski definition) is 1. The fraction of sp³-hybridized carbons (Fsp3) is 0.417. The summed E-state index contributed by atoms with van der Waals surface area (Å²) >= 11 is 0. The van der Waals surface area contributed by atoms with Crippen LogP contribution in [0.5, 0.6) is 0 Å². The van der Waals surface area contributed by atoms with Crippen molar-refractivity contribution in [2.45, 2.75) is 13.5 Å². The van der Waals surface area contributed by atoms with Gasteiger partial charge in [-0.3, -0.25) is 9.63 Å². The van der Waals surface area contributed by atoms with Crippen LogP contribution in [0, 0.1) is 0 Å². The zero-order valence-electron chi connectivity index (χ0n) is 9.56. The van der Waals surface area contributed by atoms with Crippen LogP contribution in [0.3, 0.4) is 0 Å². The van der Waals surface area contributed by atoms with Crippen LogP contribution in [0.4, 0.5) is 0 Å². The molecule has 4 nitrogen and oxygen atoms in total. The quantitative estimate of drug-likeness (QED) is 0.408. The number of hydrogen-bond acceptors (Lipinski definition) is 3. The van der Waals surface area contributed by atoms with E-state index >= 15 is 0 Å². The van der Waals surface area contributed by atoms with Gasteiger partial charge in [-0.1, -0.05) is 37.3 Å². The number of nitrogens with zero attached hydrogens (tertiary/aromatic N) is 1. The van der Waals surface area contributed by atoms with E-state index in [0.29, 0.717) is 19.6 Å². The fourth-order valence-electron chi connectivity index (χ4n) is 1.25. The van der Waals surface area contributed by atoms with Gasteiger partial charge in [-0.15, -0.1) is 0 Å². The van der Waals surface area contributed by atoms with Gasteiger partial charge in [0.15, 0.2) is 0 Å². The first kappa shape index (κ1) is 12.7. The van der Waals surface area contributed by atoms with E-state index in [1.165, 1.54) is 5.06 Å². The largest absolute Gasteiger partial charge is 0.315 e. The lowest BCUT2D eigenvalue weighted by Crippen LogP contribution is -2.31. The molecule has 1 aromatic rings. The Kier molecular flexibility index (Phi) is 6.22. The van der Waals surface area contributed by atoms with Gasteiger partial charge in [0.1, 0.15) is 6.61 Å². The van der Waals surface area contributed by atoms with E-state index in [0.717, 1.165) is 18.7 Å². The van der Waals surface area contributed by atoms with Crippen molar-refractivity contribution in [1.82, 2.24) is 10.4 Å². The molecule has 0 saturated heterocycles. The maximum absolute atomic E-state index is 10.7. The molecule has 16 heavy (non-hydrogen) atoms. The zero-order chi connectivity index (χ0) is 11.6. The third kappa shape index (κ3) is 4.91. The molecule has 0 aromatic heterocycles. The second-order valence-electron chi connectivity index (χ2n) is 3.36. The van der Waals surface area contributed by atoms with Crippen molar-refractivity contribution >= 4 is 6.41 Å². The van der Waals surface area contributed by atoms with E-state index in [1.54, 1.807) is 0 Å². The Morgan fingerprint density at radius 1 is 1.38 bits per heavy atom. The SMILES string of the molecule is CCNCCN(C=O)OCc1ccccc1. The molecule has 88 valence electrons. The topological polar surface area (TPSA) is 41.6 Å². The molecule has 4 heteroatoms. The minimum atomic E-state index is 0.422. The number of hydroxylamine groups is 2. The second kappa shape index (κ2) is 7.84. The summed E-state index contributed by atoms with van der Waals surface area (Å²) in [6.07, 6.45) is 0.709. The Bertz CT molecular complexity index is 290. The Balaban J connectivity index is 2.26. The molecule has 0 aliphatic rings. The van der Waals surface area contributed by atoms with Gasteiger partial charge < -0.3 is 5.32 Å². The van der Waals surface area contributed by atoms with Crippen LogP contribution < -0.4 is 5.32 Å². The highest BCUT2D eigenvalue weighted by atomic mass is 16.7. The van der Waals surface area contributed by atoms with Crippen LogP contribution in [0.25, 0.3) is 0 Å². The van der Waals surface area contributed by atoms with Crippen LogP contribution in [0.1, 0.15) is 12.5 Å². The Hall–Kier alpha value is -1.39. The molecule has 0 atom stereocenters. The molecule has 0 bridgehead atoms. The van der Waals surface area contributed by atoms with Gasteiger partial charge in [-0.2, -0.15) is 0 Å². The van der Waals surface area contributed by atoms with E-state index in [2.05, 4.69) is 5.32 Å². The minimum absolute atomic E-state index is 0.422. The molecule has 0 radical (unpaired) electrons. The molecule has 0 spiro atoms. The highest BCUT2D eigenvalue weighted by Gasteiger charge is 2.01. The van der Waals surface area contributed by atoms with Gasteiger partial charge in [-0.05, 0) is 12.1 Å². The molecule has 0 heterocycles. The van der Waals surface area contributed by atoms with E-state index in [1.807, 2.05) is 37.3 Å². The van der Waals surface area contributed by atoms with Crippen LogP contribution >= 0.6 is 0 Å². The lowest BCUT2D eigenvalue weighted by atomic mass is 10.2.